The van der Waals surface area contributed by atoms with Crippen LogP contribution in [0.4, 0.5) is 9.18 Å². The Balaban J connectivity index is 0.00000541. The van der Waals surface area contributed by atoms with Gasteiger partial charge in [-0.15, -0.1) is 0 Å². The van der Waals surface area contributed by atoms with Crippen LogP contribution in [0, 0.1) is 5.82 Å². The van der Waals surface area contributed by atoms with Gasteiger partial charge in [0.2, 0.25) is 11.7 Å². The van der Waals surface area contributed by atoms with Crippen LogP contribution in [0.25, 0.3) is 11.1 Å². The van der Waals surface area contributed by atoms with Crippen LogP contribution in [-0.2, 0) is 35.2 Å². The van der Waals surface area contributed by atoms with E-state index in [9.17, 15) is 48.8 Å². The smallest absolute Gasteiger partial charge is 0.550 e. The molecule has 0 saturated carbocycles. The van der Waals surface area contributed by atoms with Crippen molar-refractivity contribution in [2.24, 2.45) is 0 Å². The second kappa shape index (κ2) is 23.7. The Morgan fingerprint density at radius 2 is 1.57 bits per heavy atom. The molecule has 0 aromatic heterocycles. The molecule has 18 heteroatoms. The summed E-state index contributed by atoms with van der Waals surface area (Å²) in [5, 5.41) is 53.5. The standard InChI is InChI=1S/C38H44FN3O12.2Na/c1-23(43)41-32-29(42-37(51)52-22-24-10-4-2-5-11-24)20-38(36(49)50,53-19-9-3-6-14-31(45)46)54-34(32)33(47)30(44)21-40-35(48)26-17-15-25(16-18-26)27-12-7-8-13-28(27)39;;/h2,4-5,7-8,10-13,15-18,29-30,32-34,44,47H,3,6,9,14,19-22H2,1H3,(H,40,48)(H,41,43)(H,42,51)(H,45,46)(H,49,50);;/q;2*+1/p-2/t29-,30+,32+,33+,34+,38+;;/m0../s1. The Morgan fingerprint density at radius 3 is 2.20 bits per heavy atom. The molecule has 4 rings (SSSR count). The van der Waals surface area contributed by atoms with Gasteiger partial charge in [0.15, 0.2) is 0 Å². The number of aliphatic hydroxyl groups excluding tert-OH is 2. The van der Waals surface area contributed by atoms with Gasteiger partial charge in [0.25, 0.3) is 5.91 Å². The molecule has 3 amide bonds. The van der Waals surface area contributed by atoms with Gasteiger partial charge in [0.1, 0.15) is 30.6 Å². The molecule has 56 heavy (non-hydrogen) atoms. The number of carbonyl (C=O) groups is 5. The van der Waals surface area contributed by atoms with Crippen molar-refractivity contribution in [3.63, 3.8) is 0 Å². The topological polar surface area (TPSA) is 236 Å². The number of aliphatic carboxylic acids is 2. The minimum atomic E-state index is -2.64. The first-order chi connectivity index (χ1) is 25.8. The summed E-state index contributed by atoms with van der Waals surface area (Å²) in [4.78, 5) is 61.8. The largest absolute Gasteiger partial charge is 1.00 e. The first-order valence-electron chi connectivity index (χ1n) is 17.3. The number of amides is 3. The van der Waals surface area contributed by atoms with Crippen molar-refractivity contribution in [2.45, 2.75) is 81.8 Å². The number of hydrogen-bond donors (Lipinski definition) is 5. The number of benzene rings is 3. The molecule has 0 bridgehead atoms. The number of alkyl carbamates (subject to hydrolysis) is 1. The predicted molar refractivity (Wildman–Crippen MR) is 184 cm³/mol. The number of unbranched alkanes of at least 4 members (excludes halogenated alkanes) is 2. The van der Waals surface area contributed by atoms with Crippen LogP contribution in [0.1, 0.15) is 54.9 Å². The molecule has 3 aromatic rings. The van der Waals surface area contributed by atoms with Crippen LogP contribution in [0.3, 0.4) is 0 Å². The van der Waals surface area contributed by atoms with Crippen molar-refractivity contribution >= 4 is 29.8 Å². The number of hydrogen-bond acceptors (Lipinski definition) is 12. The van der Waals surface area contributed by atoms with Crippen LogP contribution < -0.4 is 85.3 Å². The van der Waals surface area contributed by atoms with Crippen molar-refractivity contribution in [1.29, 1.82) is 0 Å². The Bertz CT molecular complexity index is 1760. The number of halogens is 1. The Kier molecular flexibility index (Phi) is 20.6. The summed E-state index contributed by atoms with van der Waals surface area (Å²) in [6, 6.07) is 18.0. The van der Waals surface area contributed by atoms with Gasteiger partial charge in [-0.1, -0.05) is 67.1 Å². The van der Waals surface area contributed by atoms with E-state index in [1.165, 1.54) is 30.3 Å². The van der Waals surface area contributed by atoms with E-state index in [4.69, 9.17) is 14.2 Å². The molecule has 1 aliphatic heterocycles. The molecule has 1 heterocycles. The summed E-state index contributed by atoms with van der Waals surface area (Å²) < 4.78 is 31.0. The first-order valence-corrected chi connectivity index (χ1v) is 17.3. The monoisotopic (exact) mass is 797 g/mol. The van der Waals surface area contributed by atoms with Gasteiger partial charge in [-0.05, 0) is 48.6 Å². The third kappa shape index (κ3) is 14.2. The van der Waals surface area contributed by atoms with Crippen molar-refractivity contribution in [1.82, 2.24) is 16.0 Å². The maximum atomic E-state index is 14.2. The molecular weight excluding hydrogens is 755 g/mol. The maximum Gasteiger partial charge on any atom is 1.00 e. The van der Waals surface area contributed by atoms with E-state index in [1.807, 2.05) is 0 Å². The fourth-order valence-electron chi connectivity index (χ4n) is 5.95. The number of rotatable bonds is 18. The van der Waals surface area contributed by atoms with Gasteiger partial charge in [0, 0.05) is 37.0 Å². The fraction of sp³-hybridized carbons (Fsp3) is 0.395. The molecular formula is C38H42FN3Na2O12. The van der Waals surface area contributed by atoms with Crippen molar-refractivity contribution in [2.75, 3.05) is 13.2 Å². The predicted octanol–water partition coefficient (Wildman–Crippen LogP) is -5.69. The van der Waals surface area contributed by atoms with Gasteiger partial charge in [-0.3, -0.25) is 9.59 Å². The molecule has 1 aliphatic rings. The minimum absolute atomic E-state index is 0. The van der Waals surface area contributed by atoms with E-state index < -0.39 is 84.8 Å². The van der Waals surface area contributed by atoms with E-state index in [2.05, 4.69) is 16.0 Å². The zero-order valence-electron chi connectivity index (χ0n) is 31.4. The summed E-state index contributed by atoms with van der Waals surface area (Å²) in [6.07, 6.45) is -6.80. The van der Waals surface area contributed by atoms with Crippen molar-refractivity contribution in [3.05, 3.63) is 95.8 Å². The summed E-state index contributed by atoms with van der Waals surface area (Å²) in [6.45, 7) is 0.0990. The molecule has 5 N–H and O–H groups in total. The number of carboxylic acid groups (broad SMARTS) is 2. The summed E-state index contributed by atoms with van der Waals surface area (Å²) in [7, 11) is 0. The Morgan fingerprint density at radius 1 is 0.911 bits per heavy atom. The van der Waals surface area contributed by atoms with Gasteiger partial charge in [-0.2, -0.15) is 0 Å². The van der Waals surface area contributed by atoms with Crippen LogP contribution in [-0.4, -0.2) is 89.4 Å². The van der Waals surface area contributed by atoms with E-state index in [1.54, 1.807) is 48.5 Å². The second-order valence-electron chi connectivity index (χ2n) is 12.7. The van der Waals surface area contributed by atoms with E-state index in [-0.39, 0.29) is 97.2 Å². The van der Waals surface area contributed by atoms with E-state index >= 15 is 0 Å². The zero-order chi connectivity index (χ0) is 39.3. The van der Waals surface area contributed by atoms with Crippen LogP contribution >= 0.6 is 0 Å². The minimum Gasteiger partial charge on any atom is -0.550 e. The molecule has 290 valence electrons. The number of carbonyl (C=O) groups excluding carboxylic acids is 5. The molecule has 1 saturated heterocycles. The van der Waals surface area contributed by atoms with E-state index in [0.717, 1.165) is 6.92 Å². The Labute approximate surface area is 367 Å². The van der Waals surface area contributed by atoms with Crippen LogP contribution in [0.15, 0.2) is 78.9 Å². The zero-order valence-corrected chi connectivity index (χ0v) is 35.4. The van der Waals surface area contributed by atoms with Gasteiger partial charge >= 0.3 is 65.2 Å². The average molecular weight is 798 g/mol. The maximum absolute atomic E-state index is 14.2. The van der Waals surface area contributed by atoms with Crippen LogP contribution in [0.5, 0.6) is 0 Å². The molecule has 0 radical (unpaired) electrons. The number of carboxylic acids is 2. The number of aliphatic hydroxyl groups is 2. The first kappa shape index (κ1) is 48.7. The van der Waals surface area contributed by atoms with E-state index in [0.29, 0.717) is 23.1 Å². The Hall–Kier alpha value is -3.42. The molecule has 0 unspecified atom stereocenters. The quantitative estimate of drug-likeness (QED) is 0.0599. The second-order valence-corrected chi connectivity index (χ2v) is 12.7. The van der Waals surface area contributed by atoms with Gasteiger partial charge in [-0.25, -0.2) is 9.18 Å². The molecule has 0 spiro atoms. The fourth-order valence-corrected chi connectivity index (χ4v) is 5.95. The SMILES string of the molecule is CC(=O)N[C@H]1[C@H]([C@H](O)[C@H](O)CNC(=O)c2ccc(-c3ccccc3F)cc2)O[C@@](OCCCCCC(=O)[O-])(C(=O)[O-])C[C@@H]1NC(=O)OCc1ccccc1.[Na+].[Na+]. The average Bonchev–Trinajstić information content (AvgIpc) is 3.15. The van der Waals surface area contributed by atoms with Crippen molar-refractivity contribution in [3.8, 4) is 11.1 Å². The number of nitrogens with one attached hydrogen (secondary N) is 3. The van der Waals surface area contributed by atoms with Crippen molar-refractivity contribution < 1.29 is 122 Å². The van der Waals surface area contributed by atoms with Crippen LogP contribution in [0.2, 0.25) is 0 Å². The summed E-state index contributed by atoms with van der Waals surface area (Å²) in [5.41, 5.74) is 1.63. The number of ether oxygens (including phenoxy) is 3. The normalized spacial score (nSPS) is 19.8. The third-order valence-electron chi connectivity index (χ3n) is 8.69. The molecule has 15 nitrogen and oxygen atoms in total. The molecule has 3 aromatic carbocycles. The summed E-state index contributed by atoms with van der Waals surface area (Å²) >= 11 is 0. The van der Waals surface area contributed by atoms with Gasteiger partial charge < -0.3 is 60.2 Å². The summed E-state index contributed by atoms with van der Waals surface area (Å²) in [5.74, 6) is -7.58. The van der Waals surface area contributed by atoms with Gasteiger partial charge in [0.05, 0.1) is 24.8 Å². The third-order valence-corrected chi connectivity index (χ3v) is 8.69. The molecule has 1 fully saturated rings. The molecule has 0 aliphatic carbocycles. The molecule has 6 atom stereocenters.